The maximum Gasteiger partial charge on any atom is 0.472 e. The Morgan fingerprint density at radius 1 is 1.12 bits per heavy atom. The molecule has 0 aromatic carbocycles. The minimum absolute atomic E-state index is 0.00297. The molecular weight excluding hydrogens is 788 g/mol. The van der Waals surface area contributed by atoms with Crippen molar-refractivity contribution in [3.8, 4) is 0 Å². The number of ether oxygens (including phenoxy) is 4. The lowest BCUT2D eigenvalue weighted by Crippen LogP contribution is -2.48. The van der Waals surface area contributed by atoms with Crippen molar-refractivity contribution >= 4 is 50.7 Å². The number of carbonyl (C=O) groups is 2. The van der Waals surface area contributed by atoms with Crippen molar-refractivity contribution in [3.05, 3.63) is 41.7 Å². The zero-order valence-electron chi connectivity index (χ0n) is 30.5. The first-order chi connectivity index (χ1) is 26.4. The number of esters is 1. The number of hydrogen-bond acceptors (Lipinski definition) is 19. The number of carbonyl (C=O) groups excluding carboxylic acids is 2. The van der Waals surface area contributed by atoms with Gasteiger partial charge in [0.25, 0.3) is 0 Å². The zero-order valence-corrected chi connectivity index (χ0v) is 32.3. The molecule has 0 saturated carbocycles. The molecule has 0 aliphatic carbocycles. The topological polar surface area (TPSA) is 348 Å². The van der Waals surface area contributed by atoms with Gasteiger partial charge in [0.15, 0.2) is 17.7 Å². The number of nitrogen functional groups attached to an aromatic ring is 3. The molecule has 2 aromatic rings. The average Bonchev–Trinajstić information content (AvgIpc) is 3.70. The van der Waals surface area contributed by atoms with Gasteiger partial charge in [0, 0.05) is 39.1 Å². The number of phosphoric acid groups is 2. The van der Waals surface area contributed by atoms with Gasteiger partial charge in [-0.05, 0) is 18.9 Å². The van der Waals surface area contributed by atoms with Gasteiger partial charge in [0.2, 0.25) is 5.91 Å². The molecule has 26 heteroatoms. The van der Waals surface area contributed by atoms with Gasteiger partial charge in [-0.25, -0.2) is 28.7 Å². The van der Waals surface area contributed by atoms with Crippen molar-refractivity contribution in [2.45, 2.75) is 81.9 Å². The number of nitrogens with two attached hydrogens (primary N) is 3. The van der Waals surface area contributed by atoms with Crippen LogP contribution in [0.15, 0.2) is 36.0 Å². The fourth-order valence-corrected chi connectivity index (χ4v) is 6.86. The molecule has 2 aliphatic heterocycles. The molecule has 2 saturated heterocycles. The Morgan fingerprint density at radius 2 is 1.84 bits per heavy atom. The fraction of sp³-hybridized carbons (Fsp3) is 0.600. The summed E-state index contributed by atoms with van der Waals surface area (Å²) in [5.74, 6) is -1.27. The molecule has 56 heavy (non-hydrogen) atoms. The SMILES string of the molecule is C=CCCC(=O)N(C)[C@@H](COCCC)C(=O)O[C@H]1C[C@H](Nc2ncnc(N)c2N)O[C@@H]1COP(=O)(O)OC1C[C@H](n2ccc(N)nc2=O)O[C@@H]1COP(=O)(O)O. The monoisotopic (exact) mass is 835 g/mol. The van der Waals surface area contributed by atoms with Crippen LogP contribution in [0.25, 0.3) is 0 Å². The lowest BCUT2D eigenvalue weighted by atomic mass is 10.1. The van der Waals surface area contributed by atoms with Crippen molar-refractivity contribution in [3.63, 3.8) is 0 Å². The van der Waals surface area contributed by atoms with Gasteiger partial charge in [-0.2, -0.15) is 4.98 Å². The molecule has 4 heterocycles. The Labute approximate surface area is 320 Å². The summed E-state index contributed by atoms with van der Waals surface area (Å²) in [7, 11) is -8.71. The van der Waals surface area contributed by atoms with Crippen molar-refractivity contribution in [1.29, 1.82) is 0 Å². The number of amides is 1. The van der Waals surface area contributed by atoms with E-state index in [9.17, 15) is 38.2 Å². The highest BCUT2D eigenvalue weighted by atomic mass is 31.2. The Morgan fingerprint density at radius 3 is 2.52 bits per heavy atom. The molecule has 2 aliphatic rings. The van der Waals surface area contributed by atoms with Crippen molar-refractivity contribution < 1.29 is 65.9 Å². The quantitative estimate of drug-likeness (QED) is 0.0378. The van der Waals surface area contributed by atoms with Crippen LogP contribution in [-0.2, 0) is 51.2 Å². The molecule has 1 amide bonds. The number of phosphoric ester groups is 2. The first-order valence-electron chi connectivity index (χ1n) is 17.2. The highest BCUT2D eigenvalue weighted by molar-refractivity contribution is 7.47. The standard InChI is InChI=1S/C30H47N9O15P2/c1-4-6-7-24(40)38(3)17(13-48-10-5-2)29(41)53-18-11-23(37-28-26(32)27(33)34-16-35-28)51-20(18)15-50-56(46,47)54-19-12-25(39-9-8-22(31)36-30(39)42)52-21(19)14-49-55(43,44)45/h4,8-9,16-21,23,25H,1,5-7,10-15,32H2,2-3H3,(H,46,47)(H2,31,36,42)(H2,43,44,45)(H3,33,34,35,37)/t17-,18-,19?,20+,21+,23+,25+/m0/s1. The third-order valence-corrected chi connectivity index (χ3v) is 9.92. The molecular formula is C30H47N9O15P2. The second-order valence-corrected chi connectivity index (χ2v) is 15.2. The number of aromatic nitrogens is 4. The Bertz CT molecular complexity index is 1830. The summed E-state index contributed by atoms with van der Waals surface area (Å²) in [6.07, 6.45) is -2.74. The predicted molar refractivity (Wildman–Crippen MR) is 195 cm³/mol. The number of nitrogens with one attached hydrogen (secondary N) is 1. The second-order valence-electron chi connectivity index (χ2n) is 12.6. The molecule has 0 spiro atoms. The van der Waals surface area contributed by atoms with Crippen LogP contribution in [0.3, 0.4) is 0 Å². The molecule has 0 bridgehead atoms. The first-order valence-corrected chi connectivity index (χ1v) is 20.2. The van der Waals surface area contributed by atoms with Crippen LogP contribution in [-0.4, -0.2) is 121 Å². The number of anilines is 4. The summed E-state index contributed by atoms with van der Waals surface area (Å²) in [5, 5.41) is 2.91. The normalized spacial score (nSPS) is 23.9. The Kier molecular flexibility index (Phi) is 15.9. The highest BCUT2D eigenvalue weighted by Crippen LogP contribution is 2.49. The van der Waals surface area contributed by atoms with E-state index in [1.54, 1.807) is 6.08 Å². The van der Waals surface area contributed by atoms with Crippen LogP contribution in [0.1, 0.15) is 45.3 Å². The summed E-state index contributed by atoms with van der Waals surface area (Å²) in [6, 6.07) is 0.115. The smallest absolute Gasteiger partial charge is 0.458 e. The molecule has 312 valence electrons. The van der Waals surface area contributed by atoms with Crippen LogP contribution in [0, 0.1) is 0 Å². The van der Waals surface area contributed by atoms with E-state index in [4.69, 9.17) is 45.2 Å². The molecule has 0 radical (unpaired) electrons. The van der Waals surface area contributed by atoms with Crippen LogP contribution in [0.2, 0.25) is 0 Å². The minimum Gasteiger partial charge on any atom is -0.458 e. The zero-order chi connectivity index (χ0) is 41.2. The third-order valence-electron chi connectivity index (χ3n) is 8.42. The minimum atomic E-state index is -5.10. The van der Waals surface area contributed by atoms with Crippen LogP contribution >= 0.6 is 15.6 Å². The fourth-order valence-electron chi connectivity index (χ4n) is 5.55. The predicted octanol–water partition coefficient (Wildman–Crippen LogP) is 0.0376. The lowest BCUT2D eigenvalue weighted by Gasteiger charge is -2.28. The lowest BCUT2D eigenvalue weighted by molar-refractivity contribution is -0.164. The summed E-state index contributed by atoms with van der Waals surface area (Å²) in [6.45, 7) is 4.06. The number of nitrogens with zero attached hydrogens (tertiary/aromatic N) is 5. The van der Waals surface area contributed by atoms with Gasteiger partial charge in [0.05, 0.1) is 19.8 Å². The number of hydrogen-bond donors (Lipinski definition) is 7. The van der Waals surface area contributed by atoms with Gasteiger partial charge in [-0.1, -0.05) is 13.0 Å². The summed E-state index contributed by atoms with van der Waals surface area (Å²) in [5.41, 5.74) is 16.5. The van der Waals surface area contributed by atoms with E-state index in [-0.39, 0.29) is 54.9 Å². The number of rotatable bonds is 21. The molecule has 10 N–H and O–H groups in total. The van der Waals surface area contributed by atoms with E-state index in [0.717, 1.165) is 10.9 Å². The van der Waals surface area contributed by atoms with Gasteiger partial charge >= 0.3 is 27.3 Å². The second kappa shape index (κ2) is 19.9. The van der Waals surface area contributed by atoms with E-state index >= 15 is 0 Å². The molecule has 2 fully saturated rings. The summed E-state index contributed by atoms with van der Waals surface area (Å²) < 4.78 is 64.2. The summed E-state index contributed by atoms with van der Waals surface area (Å²) >= 11 is 0. The Balaban J connectivity index is 1.52. The average molecular weight is 836 g/mol. The van der Waals surface area contributed by atoms with Crippen molar-refractivity contribution in [2.75, 3.05) is 56.0 Å². The maximum absolute atomic E-state index is 13.7. The van der Waals surface area contributed by atoms with Crippen LogP contribution < -0.4 is 28.2 Å². The number of likely N-dealkylation sites (N-methyl/N-ethyl adjacent to an activating group) is 1. The molecule has 4 rings (SSSR count). The number of allylic oxidation sites excluding steroid dienone is 1. The van der Waals surface area contributed by atoms with Gasteiger partial charge in [0.1, 0.15) is 54.7 Å². The van der Waals surface area contributed by atoms with Gasteiger partial charge in [-0.3, -0.25) is 22.9 Å². The van der Waals surface area contributed by atoms with Crippen molar-refractivity contribution in [2.24, 2.45) is 0 Å². The Hall–Kier alpha value is -4.06. The van der Waals surface area contributed by atoms with Gasteiger partial charge in [-0.15, -0.1) is 6.58 Å². The molecule has 24 nitrogen and oxygen atoms in total. The van der Waals surface area contributed by atoms with Crippen molar-refractivity contribution in [1.82, 2.24) is 24.4 Å². The highest BCUT2D eigenvalue weighted by Gasteiger charge is 2.45. The van der Waals surface area contributed by atoms with E-state index in [1.165, 1.54) is 24.2 Å². The van der Waals surface area contributed by atoms with E-state index in [1.807, 2.05) is 6.92 Å². The molecule has 2 aromatic heterocycles. The van der Waals surface area contributed by atoms with E-state index in [2.05, 4.69) is 31.4 Å². The molecule has 8 atom stereocenters. The van der Waals surface area contributed by atoms with Crippen LogP contribution in [0.4, 0.5) is 23.1 Å². The maximum atomic E-state index is 13.7. The third kappa shape index (κ3) is 12.7. The first kappa shape index (κ1) is 44.7. The largest absolute Gasteiger partial charge is 0.472 e. The van der Waals surface area contributed by atoms with E-state index < -0.39 is 83.4 Å². The van der Waals surface area contributed by atoms with Gasteiger partial charge < -0.3 is 61.0 Å². The molecule has 2 unspecified atom stereocenters. The summed E-state index contributed by atoms with van der Waals surface area (Å²) in [4.78, 5) is 81.0. The van der Waals surface area contributed by atoms with E-state index in [0.29, 0.717) is 19.4 Å². The van der Waals surface area contributed by atoms with Crippen LogP contribution in [0.5, 0.6) is 0 Å².